The average molecular weight is 390 g/mol. The van der Waals surface area contributed by atoms with E-state index in [1.54, 1.807) is 20.8 Å². The lowest BCUT2D eigenvalue weighted by Crippen LogP contribution is -2.40. The zero-order chi connectivity index (χ0) is 17.2. The molecule has 23 heavy (non-hydrogen) atoms. The number of hydrogen-bond donors (Lipinski definition) is 3. The molecular formula is C12H21ClFN3O4S2. The Morgan fingerprint density at radius 3 is 2.13 bits per heavy atom. The molecule has 134 valence electrons. The number of nitrogens with two attached hydrogens (primary N) is 1. The summed E-state index contributed by atoms with van der Waals surface area (Å²) in [6, 6.07) is 2.62. The molecule has 0 saturated carbocycles. The number of halogens is 2. The van der Waals surface area contributed by atoms with Gasteiger partial charge in [0.1, 0.15) is 10.7 Å². The van der Waals surface area contributed by atoms with Crippen LogP contribution < -0.4 is 15.2 Å². The van der Waals surface area contributed by atoms with Crippen LogP contribution in [0.5, 0.6) is 0 Å². The van der Waals surface area contributed by atoms with Crippen LogP contribution in [0.2, 0.25) is 0 Å². The Kier molecular flexibility index (Phi) is 7.59. The summed E-state index contributed by atoms with van der Waals surface area (Å²) >= 11 is 0. The minimum absolute atomic E-state index is 0. The molecule has 7 nitrogen and oxygen atoms in total. The molecule has 1 aromatic carbocycles. The number of nitrogens with one attached hydrogen (secondary N) is 2. The second-order valence-corrected chi connectivity index (χ2v) is 9.05. The SMILES string of the molecule is CC(C)(C)NS(=O)(=O)c1ccc(S(=O)(=O)NCCN)c(F)c1.Cl. The first-order valence-electron chi connectivity index (χ1n) is 6.42. The van der Waals surface area contributed by atoms with Gasteiger partial charge in [0.25, 0.3) is 0 Å². The first-order chi connectivity index (χ1) is 9.89. The van der Waals surface area contributed by atoms with Gasteiger partial charge in [-0.3, -0.25) is 0 Å². The number of sulfonamides is 2. The average Bonchev–Trinajstić information content (AvgIpc) is 2.33. The number of rotatable bonds is 6. The predicted octanol–water partition coefficient (Wildman–Crippen LogP) is 0.561. The van der Waals surface area contributed by atoms with Gasteiger partial charge < -0.3 is 5.73 Å². The predicted molar refractivity (Wildman–Crippen MR) is 88.0 cm³/mol. The van der Waals surface area contributed by atoms with E-state index in [1.807, 2.05) is 0 Å². The molecule has 0 radical (unpaired) electrons. The molecule has 1 aromatic rings. The lowest BCUT2D eigenvalue weighted by molar-refractivity contribution is 0.490. The maximum atomic E-state index is 14.0. The molecule has 4 N–H and O–H groups in total. The van der Waals surface area contributed by atoms with Crippen molar-refractivity contribution < 1.29 is 21.2 Å². The summed E-state index contributed by atoms with van der Waals surface area (Å²) in [5.74, 6) is -1.15. The third kappa shape index (κ3) is 6.32. The Labute approximate surface area is 142 Å². The molecule has 0 amide bonds. The first-order valence-corrected chi connectivity index (χ1v) is 9.39. The minimum Gasteiger partial charge on any atom is -0.329 e. The fourth-order valence-corrected chi connectivity index (χ4v) is 4.13. The molecular weight excluding hydrogens is 369 g/mol. The van der Waals surface area contributed by atoms with Gasteiger partial charge in [-0.2, -0.15) is 0 Å². The molecule has 0 saturated heterocycles. The number of benzene rings is 1. The van der Waals surface area contributed by atoms with Crippen molar-refractivity contribution in [2.24, 2.45) is 5.73 Å². The van der Waals surface area contributed by atoms with Crippen LogP contribution in [0, 0.1) is 5.82 Å². The Morgan fingerprint density at radius 2 is 1.70 bits per heavy atom. The van der Waals surface area contributed by atoms with Gasteiger partial charge in [-0.25, -0.2) is 30.7 Å². The van der Waals surface area contributed by atoms with Crippen LogP contribution in [-0.4, -0.2) is 35.5 Å². The molecule has 1 rings (SSSR count). The summed E-state index contributed by atoms with van der Waals surface area (Å²) in [5, 5.41) is 0. The third-order valence-corrected chi connectivity index (χ3v) is 5.63. The smallest absolute Gasteiger partial charge is 0.243 e. The second-order valence-electron chi connectivity index (χ2n) is 5.63. The van der Waals surface area contributed by atoms with Crippen molar-refractivity contribution in [1.29, 1.82) is 0 Å². The van der Waals surface area contributed by atoms with Crippen LogP contribution in [0.4, 0.5) is 4.39 Å². The molecule has 0 aliphatic rings. The van der Waals surface area contributed by atoms with Gasteiger partial charge in [0, 0.05) is 18.6 Å². The van der Waals surface area contributed by atoms with Gasteiger partial charge in [0.05, 0.1) is 4.90 Å². The monoisotopic (exact) mass is 389 g/mol. The molecule has 0 fully saturated rings. The van der Waals surface area contributed by atoms with Gasteiger partial charge >= 0.3 is 0 Å². The Hall–Kier alpha value is -0.780. The van der Waals surface area contributed by atoms with E-state index in [-0.39, 0.29) is 30.4 Å². The van der Waals surface area contributed by atoms with Crippen LogP contribution in [0.15, 0.2) is 28.0 Å². The topological polar surface area (TPSA) is 118 Å². The summed E-state index contributed by atoms with van der Waals surface area (Å²) in [7, 11) is -8.02. The third-order valence-electron chi connectivity index (χ3n) is 2.38. The molecule has 0 spiro atoms. The zero-order valence-corrected chi connectivity index (χ0v) is 15.4. The van der Waals surface area contributed by atoms with Gasteiger partial charge in [0.15, 0.2) is 0 Å². The zero-order valence-electron chi connectivity index (χ0n) is 13.0. The normalized spacial score (nSPS) is 12.7. The lowest BCUT2D eigenvalue weighted by atomic mass is 10.1. The highest BCUT2D eigenvalue weighted by Gasteiger charge is 2.25. The maximum Gasteiger partial charge on any atom is 0.243 e. The summed E-state index contributed by atoms with van der Waals surface area (Å²) < 4.78 is 66.3. The number of hydrogen-bond acceptors (Lipinski definition) is 5. The van der Waals surface area contributed by atoms with E-state index in [2.05, 4.69) is 9.44 Å². The van der Waals surface area contributed by atoms with Crippen molar-refractivity contribution in [1.82, 2.24) is 9.44 Å². The highest BCUT2D eigenvalue weighted by Crippen LogP contribution is 2.20. The molecule has 0 unspecified atom stereocenters. The van der Waals surface area contributed by atoms with Crippen LogP contribution in [0.3, 0.4) is 0 Å². The van der Waals surface area contributed by atoms with Crippen molar-refractivity contribution in [2.45, 2.75) is 36.1 Å². The van der Waals surface area contributed by atoms with Crippen LogP contribution in [0.1, 0.15) is 20.8 Å². The quantitative estimate of drug-likeness (QED) is 0.657. The van der Waals surface area contributed by atoms with E-state index in [1.165, 1.54) is 0 Å². The fraction of sp³-hybridized carbons (Fsp3) is 0.500. The van der Waals surface area contributed by atoms with E-state index in [0.29, 0.717) is 6.07 Å². The largest absolute Gasteiger partial charge is 0.329 e. The van der Waals surface area contributed by atoms with Gasteiger partial charge in [-0.05, 0) is 39.0 Å². The lowest BCUT2D eigenvalue weighted by Gasteiger charge is -2.20. The molecule has 11 heteroatoms. The highest BCUT2D eigenvalue weighted by molar-refractivity contribution is 7.90. The Bertz CT molecular complexity index is 746. The minimum atomic E-state index is -4.07. The molecule has 0 aromatic heterocycles. The molecule has 0 aliphatic heterocycles. The van der Waals surface area contributed by atoms with Gasteiger partial charge in [-0.1, -0.05) is 0 Å². The van der Waals surface area contributed by atoms with Crippen molar-refractivity contribution >= 4 is 32.5 Å². The van der Waals surface area contributed by atoms with E-state index in [4.69, 9.17) is 5.73 Å². The van der Waals surface area contributed by atoms with Crippen molar-refractivity contribution in [3.05, 3.63) is 24.0 Å². The van der Waals surface area contributed by atoms with E-state index in [0.717, 1.165) is 12.1 Å². The second kappa shape index (κ2) is 7.86. The van der Waals surface area contributed by atoms with Crippen molar-refractivity contribution in [3.63, 3.8) is 0 Å². The summed E-state index contributed by atoms with van der Waals surface area (Å²) in [4.78, 5) is -0.978. The van der Waals surface area contributed by atoms with Crippen LogP contribution >= 0.6 is 12.4 Å². The summed E-state index contributed by atoms with van der Waals surface area (Å²) in [6.45, 7) is 4.92. The molecule has 0 heterocycles. The first kappa shape index (κ1) is 22.2. The highest BCUT2D eigenvalue weighted by atomic mass is 35.5. The van der Waals surface area contributed by atoms with Crippen LogP contribution in [0.25, 0.3) is 0 Å². The van der Waals surface area contributed by atoms with Gasteiger partial charge in [0.2, 0.25) is 20.0 Å². The van der Waals surface area contributed by atoms with E-state index >= 15 is 0 Å². The van der Waals surface area contributed by atoms with Crippen LogP contribution in [-0.2, 0) is 20.0 Å². The standard InChI is InChI=1S/C12H20FN3O4S2.ClH/c1-12(2,3)16-21(17,18)9-4-5-11(10(13)8-9)22(19,20)15-7-6-14;/h4-5,8,15-16H,6-7,14H2,1-3H3;1H. The molecule has 0 atom stereocenters. The van der Waals surface area contributed by atoms with Crippen molar-refractivity contribution in [2.75, 3.05) is 13.1 Å². The Balaban J connectivity index is 0.00000484. The molecule has 0 aliphatic carbocycles. The molecule has 0 bridgehead atoms. The van der Waals surface area contributed by atoms with Gasteiger partial charge in [-0.15, -0.1) is 12.4 Å². The fourth-order valence-electron chi connectivity index (χ4n) is 1.60. The maximum absolute atomic E-state index is 14.0. The van der Waals surface area contributed by atoms with E-state index < -0.39 is 36.3 Å². The Morgan fingerprint density at radius 1 is 1.13 bits per heavy atom. The summed E-state index contributed by atoms with van der Waals surface area (Å²) in [6.07, 6.45) is 0. The van der Waals surface area contributed by atoms with E-state index in [9.17, 15) is 21.2 Å². The van der Waals surface area contributed by atoms with Crippen molar-refractivity contribution in [3.8, 4) is 0 Å². The summed E-state index contributed by atoms with van der Waals surface area (Å²) in [5.41, 5.74) is 4.44.